The summed E-state index contributed by atoms with van der Waals surface area (Å²) in [6.07, 6.45) is 4.31. The van der Waals surface area contributed by atoms with Crippen molar-refractivity contribution in [2.75, 3.05) is 0 Å². The van der Waals surface area contributed by atoms with Crippen LogP contribution in [0, 0.1) is 20.8 Å². The second-order valence-corrected chi connectivity index (χ2v) is 4.53. The molecule has 3 heteroatoms. The van der Waals surface area contributed by atoms with E-state index in [0.717, 1.165) is 28.2 Å². The molecule has 0 atom stereocenters. The fraction of sp³-hybridized carbons (Fsp3) is 0.462. The molecule has 0 saturated heterocycles. The fourth-order valence-corrected chi connectivity index (χ4v) is 2.02. The molecule has 0 aliphatic heterocycles. The zero-order chi connectivity index (χ0) is 11.9. The van der Waals surface area contributed by atoms with Gasteiger partial charge in [0, 0.05) is 18.0 Å². The van der Waals surface area contributed by atoms with E-state index in [1.54, 1.807) is 0 Å². The van der Waals surface area contributed by atoms with Crippen molar-refractivity contribution in [3.63, 3.8) is 0 Å². The van der Waals surface area contributed by atoms with E-state index in [0.29, 0.717) is 0 Å². The first-order valence-corrected chi connectivity index (χ1v) is 5.61. The van der Waals surface area contributed by atoms with E-state index >= 15 is 0 Å². The van der Waals surface area contributed by atoms with Crippen LogP contribution in [0.25, 0.3) is 5.52 Å². The summed E-state index contributed by atoms with van der Waals surface area (Å²) in [5.41, 5.74) is 4.28. The molecule has 0 aliphatic rings. The van der Waals surface area contributed by atoms with Crippen molar-refractivity contribution in [2.45, 2.75) is 40.7 Å². The van der Waals surface area contributed by atoms with Gasteiger partial charge in [-0.15, -0.1) is 0 Å². The van der Waals surface area contributed by atoms with Crippen LogP contribution in [0.2, 0.25) is 0 Å². The Kier molecular flexibility index (Phi) is 2.62. The van der Waals surface area contributed by atoms with Gasteiger partial charge in [-0.2, -0.15) is 0 Å². The van der Waals surface area contributed by atoms with Crippen LogP contribution in [-0.2, 0) is 0 Å². The molecular weight excluding hydrogens is 200 g/mol. The Hall–Kier alpha value is -1.51. The molecule has 2 aromatic rings. The Bertz CT molecular complexity index is 526. The minimum Gasteiger partial charge on any atom is -0.488 e. The molecule has 2 aromatic heterocycles. The Morgan fingerprint density at radius 1 is 1.19 bits per heavy atom. The standard InChI is InChI=1S/C13H18N2O/c1-8(2)16-13-9(3)6-15-7-10(4)14-11(5)12(13)15/h6-8H,1-5H3. The number of hydrogen-bond donors (Lipinski definition) is 0. The number of ether oxygens (including phenoxy) is 1. The van der Waals surface area contributed by atoms with Gasteiger partial charge < -0.3 is 9.14 Å². The molecule has 0 aromatic carbocycles. The second kappa shape index (κ2) is 3.81. The van der Waals surface area contributed by atoms with Crippen LogP contribution in [0.3, 0.4) is 0 Å². The minimum absolute atomic E-state index is 0.186. The maximum absolute atomic E-state index is 5.86. The van der Waals surface area contributed by atoms with E-state index in [1.807, 2.05) is 33.9 Å². The number of fused-ring (bicyclic) bond motifs is 1. The summed E-state index contributed by atoms with van der Waals surface area (Å²) < 4.78 is 7.96. The average Bonchev–Trinajstić information content (AvgIpc) is 2.41. The molecule has 0 saturated carbocycles. The first kappa shape index (κ1) is 11.0. The molecule has 2 rings (SSSR count). The van der Waals surface area contributed by atoms with Crippen molar-refractivity contribution in [2.24, 2.45) is 0 Å². The van der Waals surface area contributed by atoms with Crippen molar-refractivity contribution in [1.29, 1.82) is 0 Å². The SMILES string of the molecule is Cc1cn2cc(C)c(OC(C)C)c2c(C)n1. The van der Waals surface area contributed by atoms with Crippen molar-refractivity contribution >= 4 is 5.52 Å². The fourth-order valence-electron chi connectivity index (χ4n) is 2.02. The van der Waals surface area contributed by atoms with E-state index in [2.05, 4.69) is 22.5 Å². The molecule has 86 valence electrons. The molecule has 0 radical (unpaired) electrons. The smallest absolute Gasteiger partial charge is 0.149 e. The van der Waals surface area contributed by atoms with E-state index in [4.69, 9.17) is 4.74 Å². The third kappa shape index (κ3) is 1.77. The van der Waals surface area contributed by atoms with Gasteiger partial charge in [-0.05, 0) is 34.6 Å². The zero-order valence-corrected chi connectivity index (χ0v) is 10.5. The van der Waals surface area contributed by atoms with E-state index < -0.39 is 0 Å². The summed E-state index contributed by atoms with van der Waals surface area (Å²) in [4.78, 5) is 4.48. The van der Waals surface area contributed by atoms with E-state index in [1.165, 1.54) is 0 Å². The number of nitrogens with zero attached hydrogens (tertiary/aromatic N) is 2. The van der Waals surface area contributed by atoms with Crippen LogP contribution in [0.4, 0.5) is 0 Å². The highest BCUT2D eigenvalue weighted by Gasteiger charge is 2.13. The zero-order valence-electron chi connectivity index (χ0n) is 10.5. The molecule has 3 nitrogen and oxygen atoms in total. The largest absolute Gasteiger partial charge is 0.488 e. The van der Waals surface area contributed by atoms with Crippen molar-refractivity contribution in [3.05, 3.63) is 29.3 Å². The minimum atomic E-state index is 0.186. The molecule has 0 unspecified atom stereocenters. The number of aromatic nitrogens is 2. The van der Waals surface area contributed by atoms with Gasteiger partial charge in [0.05, 0.1) is 17.5 Å². The third-order valence-electron chi connectivity index (χ3n) is 2.53. The number of hydrogen-bond acceptors (Lipinski definition) is 2. The summed E-state index contributed by atoms with van der Waals surface area (Å²) in [6.45, 7) is 10.2. The van der Waals surface area contributed by atoms with Gasteiger partial charge in [-0.1, -0.05) is 0 Å². The van der Waals surface area contributed by atoms with Gasteiger partial charge in [-0.3, -0.25) is 4.98 Å². The van der Waals surface area contributed by atoms with Gasteiger partial charge in [0.25, 0.3) is 0 Å². The number of aryl methyl sites for hydroxylation is 3. The normalized spacial score (nSPS) is 11.4. The van der Waals surface area contributed by atoms with Crippen LogP contribution < -0.4 is 4.74 Å². The predicted molar refractivity (Wildman–Crippen MR) is 65.2 cm³/mol. The van der Waals surface area contributed by atoms with Crippen LogP contribution in [-0.4, -0.2) is 15.5 Å². The maximum atomic E-state index is 5.86. The van der Waals surface area contributed by atoms with Crippen molar-refractivity contribution < 1.29 is 4.74 Å². The van der Waals surface area contributed by atoms with Gasteiger partial charge in [-0.25, -0.2) is 0 Å². The van der Waals surface area contributed by atoms with E-state index in [-0.39, 0.29) is 6.10 Å². The monoisotopic (exact) mass is 218 g/mol. The molecule has 0 fully saturated rings. The molecule has 0 aliphatic carbocycles. The first-order valence-electron chi connectivity index (χ1n) is 5.61. The van der Waals surface area contributed by atoms with Gasteiger partial charge in [0.15, 0.2) is 0 Å². The van der Waals surface area contributed by atoms with Crippen molar-refractivity contribution in [1.82, 2.24) is 9.38 Å². The Morgan fingerprint density at radius 2 is 1.88 bits per heavy atom. The molecule has 0 N–H and O–H groups in total. The van der Waals surface area contributed by atoms with E-state index in [9.17, 15) is 0 Å². The predicted octanol–water partition coefficient (Wildman–Crippen LogP) is 3.05. The molecule has 0 spiro atoms. The van der Waals surface area contributed by atoms with Crippen LogP contribution >= 0.6 is 0 Å². The first-order chi connectivity index (χ1) is 7.49. The lowest BCUT2D eigenvalue weighted by Gasteiger charge is -2.11. The quantitative estimate of drug-likeness (QED) is 0.774. The Labute approximate surface area is 96.1 Å². The van der Waals surface area contributed by atoms with Crippen LogP contribution in [0.1, 0.15) is 30.8 Å². The second-order valence-electron chi connectivity index (χ2n) is 4.53. The molecule has 2 heterocycles. The third-order valence-corrected chi connectivity index (χ3v) is 2.53. The highest BCUT2D eigenvalue weighted by Crippen LogP contribution is 2.29. The highest BCUT2D eigenvalue weighted by atomic mass is 16.5. The molecule has 0 amide bonds. The molecule has 0 bridgehead atoms. The highest BCUT2D eigenvalue weighted by molar-refractivity contribution is 5.67. The lowest BCUT2D eigenvalue weighted by molar-refractivity contribution is 0.244. The van der Waals surface area contributed by atoms with Gasteiger partial charge >= 0.3 is 0 Å². The molecular formula is C13H18N2O. The summed E-state index contributed by atoms with van der Waals surface area (Å²) in [7, 11) is 0. The number of rotatable bonds is 2. The summed E-state index contributed by atoms with van der Waals surface area (Å²) in [5.74, 6) is 0.958. The lowest BCUT2D eigenvalue weighted by Crippen LogP contribution is -2.06. The molecule has 16 heavy (non-hydrogen) atoms. The average molecular weight is 218 g/mol. The maximum Gasteiger partial charge on any atom is 0.149 e. The van der Waals surface area contributed by atoms with Gasteiger partial charge in [0.2, 0.25) is 0 Å². The summed E-state index contributed by atoms with van der Waals surface area (Å²) in [6, 6.07) is 0. The lowest BCUT2D eigenvalue weighted by atomic mass is 10.3. The topological polar surface area (TPSA) is 26.5 Å². The Balaban J connectivity index is 2.68. The van der Waals surface area contributed by atoms with Gasteiger partial charge in [0.1, 0.15) is 11.3 Å². The summed E-state index contributed by atoms with van der Waals surface area (Å²) in [5, 5.41) is 0. The Morgan fingerprint density at radius 3 is 2.50 bits per heavy atom. The van der Waals surface area contributed by atoms with Crippen LogP contribution in [0.15, 0.2) is 12.4 Å². The van der Waals surface area contributed by atoms with Crippen molar-refractivity contribution in [3.8, 4) is 5.75 Å². The van der Waals surface area contributed by atoms with Crippen LogP contribution in [0.5, 0.6) is 5.75 Å². The summed E-state index contributed by atoms with van der Waals surface area (Å²) >= 11 is 0.